The number of halogens is 1. The molecule has 3 aromatic rings. The number of nitrogens with one attached hydrogen (secondary N) is 2. The van der Waals surface area contributed by atoms with E-state index in [0.29, 0.717) is 37.3 Å². The van der Waals surface area contributed by atoms with Crippen molar-refractivity contribution in [1.29, 1.82) is 0 Å². The second-order valence-corrected chi connectivity index (χ2v) is 8.35. The van der Waals surface area contributed by atoms with E-state index in [1.165, 1.54) is 17.0 Å². The van der Waals surface area contributed by atoms with E-state index in [0.717, 1.165) is 24.8 Å². The fourth-order valence-corrected chi connectivity index (χ4v) is 4.57. The number of benzene rings is 1. The summed E-state index contributed by atoms with van der Waals surface area (Å²) in [5.41, 5.74) is 1.18. The quantitative estimate of drug-likeness (QED) is 0.584. The SMILES string of the molecule is CNC(=O)c1ccc(N2CCN(C3CCN(c4nc5ccc(F)cc5c(=O)[nH]4)C3=O)CC2)cn1. The van der Waals surface area contributed by atoms with Crippen LogP contribution in [0.5, 0.6) is 0 Å². The molecule has 5 rings (SSSR count). The number of carbonyl (C=O) groups excluding carboxylic acids is 2. The van der Waals surface area contributed by atoms with Gasteiger partial charge in [-0.25, -0.2) is 14.4 Å². The van der Waals surface area contributed by atoms with Crippen molar-refractivity contribution < 1.29 is 14.0 Å². The molecule has 0 saturated carbocycles. The number of piperazine rings is 1. The first-order valence-corrected chi connectivity index (χ1v) is 11.1. The molecule has 2 saturated heterocycles. The summed E-state index contributed by atoms with van der Waals surface area (Å²) in [6.07, 6.45) is 2.32. The predicted molar refractivity (Wildman–Crippen MR) is 124 cm³/mol. The smallest absolute Gasteiger partial charge is 0.269 e. The molecule has 34 heavy (non-hydrogen) atoms. The van der Waals surface area contributed by atoms with Crippen LogP contribution in [0.25, 0.3) is 10.9 Å². The predicted octanol–water partition coefficient (Wildman–Crippen LogP) is 0.744. The number of aromatic nitrogens is 3. The molecule has 10 nitrogen and oxygen atoms in total. The zero-order chi connectivity index (χ0) is 23.8. The van der Waals surface area contributed by atoms with Gasteiger partial charge in [0.05, 0.1) is 28.8 Å². The standard InChI is InChI=1S/C23H24FN7O3/c1-25-21(33)18-5-3-15(13-26-18)29-8-10-30(11-9-29)19-6-7-31(22(19)34)23-27-17-4-2-14(24)12-16(17)20(32)28-23/h2-5,12-13,19H,6-11H2,1H3,(H,25,33)(H,27,28,32). The van der Waals surface area contributed by atoms with Crippen molar-refractivity contribution in [3.63, 3.8) is 0 Å². The fraction of sp³-hybridized carbons (Fsp3) is 0.348. The minimum Gasteiger partial charge on any atom is -0.368 e. The van der Waals surface area contributed by atoms with Crippen molar-refractivity contribution in [2.24, 2.45) is 0 Å². The zero-order valence-electron chi connectivity index (χ0n) is 18.6. The van der Waals surface area contributed by atoms with Gasteiger partial charge >= 0.3 is 0 Å². The zero-order valence-corrected chi connectivity index (χ0v) is 18.6. The van der Waals surface area contributed by atoms with E-state index in [1.807, 2.05) is 6.07 Å². The van der Waals surface area contributed by atoms with Crippen LogP contribution < -0.4 is 20.7 Å². The molecular formula is C23H24FN7O3. The van der Waals surface area contributed by atoms with E-state index in [4.69, 9.17) is 0 Å². The third-order valence-corrected chi connectivity index (χ3v) is 6.42. The average molecular weight is 465 g/mol. The normalized spacial score (nSPS) is 19.1. The molecule has 2 aromatic heterocycles. The van der Waals surface area contributed by atoms with Crippen molar-refractivity contribution in [3.8, 4) is 0 Å². The minimum absolute atomic E-state index is 0.102. The van der Waals surface area contributed by atoms with Gasteiger partial charge in [0, 0.05) is 39.8 Å². The molecule has 4 heterocycles. The Morgan fingerprint density at radius 2 is 1.91 bits per heavy atom. The van der Waals surface area contributed by atoms with E-state index in [2.05, 4.69) is 30.1 Å². The summed E-state index contributed by atoms with van der Waals surface area (Å²) in [5, 5.41) is 2.71. The summed E-state index contributed by atoms with van der Waals surface area (Å²) < 4.78 is 13.5. The van der Waals surface area contributed by atoms with Gasteiger partial charge in [0.2, 0.25) is 11.9 Å². The first kappa shape index (κ1) is 22.0. The third-order valence-electron chi connectivity index (χ3n) is 6.42. The van der Waals surface area contributed by atoms with Gasteiger partial charge in [-0.15, -0.1) is 0 Å². The van der Waals surface area contributed by atoms with Gasteiger partial charge in [-0.05, 0) is 36.8 Å². The Labute approximate surface area is 194 Å². The molecule has 0 spiro atoms. The molecule has 1 aromatic carbocycles. The molecular weight excluding hydrogens is 441 g/mol. The topological polar surface area (TPSA) is 115 Å². The van der Waals surface area contributed by atoms with Crippen LogP contribution in [-0.2, 0) is 4.79 Å². The molecule has 2 N–H and O–H groups in total. The summed E-state index contributed by atoms with van der Waals surface area (Å²) in [4.78, 5) is 54.3. The van der Waals surface area contributed by atoms with Gasteiger partial charge in [0.15, 0.2) is 0 Å². The van der Waals surface area contributed by atoms with Gasteiger partial charge in [-0.3, -0.25) is 29.2 Å². The number of amides is 2. The number of pyridine rings is 1. The van der Waals surface area contributed by atoms with E-state index in [-0.39, 0.29) is 29.2 Å². The molecule has 2 aliphatic rings. The van der Waals surface area contributed by atoms with Crippen LogP contribution in [0.4, 0.5) is 16.0 Å². The summed E-state index contributed by atoms with van der Waals surface area (Å²) in [6.45, 7) is 3.29. The number of fused-ring (bicyclic) bond motifs is 1. The lowest BCUT2D eigenvalue weighted by Crippen LogP contribution is -2.52. The molecule has 1 atom stereocenters. The number of anilines is 2. The van der Waals surface area contributed by atoms with Crippen LogP contribution >= 0.6 is 0 Å². The van der Waals surface area contributed by atoms with E-state index < -0.39 is 11.4 Å². The lowest BCUT2D eigenvalue weighted by molar-refractivity contribution is -0.121. The van der Waals surface area contributed by atoms with Crippen LogP contribution in [0.1, 0.15) is 16.9 Å². The monoisotopic (exact) mass is 465 g/mol. The Hall–Kier alpha value is -3.86. The molecule has 2 fully saturated rings. The number of hydrogen-bond donors (Lipinski definition) is 2. The Morgan fingerprint density at radius 1 is 1.12 bits per heavy atom. The van der Waals surface area contributed by atoms with Crippen LogP contribution in [0.15, 0.2) is 41.3 Å². The molecule has 2 amide bonds. The first-order chi connectivity index (χ1) is 16.4. The molecule has 0 bridgehead atoms. The van der Waals surface area contributed by atoms with Gasteiger partial charge in [0.1, 0.15) is 11.5 Å². The lowest BCUT2D eigenvalue weighted by atomic mass is 10.1. The third kappa shape index (κ3) is 3.98. The van der Waals surface area contributed by atoms with Crippen LogP contribution in [0.3, 0.4) is 0 Å². The first-order valence-electron chi connectivity index (χ1n) is 11.1. The summed E-state index contributed by atoms with van der Waals surface area (Å²) in [5.74, 6) is -0.649. The Balaban J connectivity index is 1.25. The second kappa shape index (κ2) is 8.82. The minimum atomic E-state index is -0.512. The van der Waals surface area contributed by atoms with Gasteiger partial charge in [-0.2, -0.15) is 0 Å². The Morgan fingerprint density at radius 3 is 2.62 bits per heavy atom. The number of nitrogens with zero attached hydrogens (tertiary/aromatic N) is 5. The highest BCUT2D eigenvalue weighted by molar-refractivity contribution is 5.98. The molecule has 0 aliphatic carbocycles. The van der Waals surface area contributed by atoms with E-state index in [1.54, 1.807) is 19.3 Å². The number of rotatable bonds is 4. The molecule has 11 heteroatoms. The molecule has 1 unspecified atom stereocenters. The van der Waals surface area contributed by atoms with Crippen molar-refractivity contribution in [2.45, 2.75) is 12.5 Å². The van der Waals surface area contributed by atoms with Crippen LogP contribution in [0, 0.1) is 5.82 Å². The maximum atomic E-state index is 13.5. The highest BCUT2D eigenvalue weighted by atomic mass is 19.1. The fourth-order valence-electron chi connectivity index (χ4n) is 4.57. The van der Waals surface area contributed by atoms with Crippen molar-refractivity contribution in [2.75, 3.05) is 49.6 Å². The molecule has 2 aliphatic heterocycles. The highest BCUT2D eigenvalue weighted by Crippen LogP contribution is 2.24. The molecule has 176 valence electrons. The largest absolute Gasteiger partial charge is 0.368 e. The number of H-pyrrole nitrogens is 1. The van der Waals surface area contributed by atoms with Gasteiger partial charge < -0.3 is 10.2 Å². The van der Waals surface area contributed by atoms with Gasteiger partial charge in [-0.1, -0.05) is 0 Å². The van der Waals surface area contributed by atoms with Crippen molar-refractivity contribution in [1.82, 2.24) is 25.2 Å². The van der Waals surface area contributed by atoms with E-state index >= 15 is 0 Å². The number of aromatic amines is 1. The van der Waals surface area contributed by atoms with Crippen molar-refractivity contribution in [3.05, 3.63) is 58.4 Å². The van der Waals surface area contributed by atoms with E-state index in [9.17, 15) is 18.8 Å². The maximum absolute atomic E-state index is 13.5. The average Bonchev–Trinajstić information content (AvgIpc) is 3.25. The Bertz CT molecular complexity index is 1300. The summed E-state index contributed by atoms with van der Waals surface area (Å²) in [6, 6.07) is 7.12. The lowest BCUT2D eigenvalue weighted by Gasteiger charge is -2.38. The summed E-state index contributed by atoms with van der Waals surface area (Å²) in [7, 11) is 1.57. The second-order valence-electron chi connectivity index (χ2n) is 8.35. The highest BCUT2D eigenvalue weighted by Gasteiger charge is 2.39. The van der Waals surface area contributed by atoms with Crippen LogP contribution in [0.2, 0.25) is 0 Å². The number of hydrogen-bond acceptors (Lipinski definition) is 7. The van der Waals surface area contributed by atoms with Crippen molar-refractivity contribution >= 4 is 34.4 Å². The van der Waals surface area contributed by atoms with Gasteiger partial charge in [0.25, 0.3) is 11.5 Å². The maximum Gasteiger partial charge on any atom is 0.269 e. The number of carbonyl (C=O) groups is 2. The van der Waals surface area contributed by atoms with Crippen LogP contribution in [-0.4, -0.2) is 77.5 Å². The molecule has 0 radical (unpaired) electrons. The summed E-state index contributed by atoms with van der Waals surface area (Å²) >= 11 is 0. The Kier molecular flexibility index (Phi) is 5.70.